The molecule has 0 aliphatic carbocycles. The number of para-hydroxylation sites is 2. The van der Waals surface area contributed by atoms with Gasteiger partial charge in [-0.1, -0.05) is 170 Å². The Morgan fingerprint density at radius 3 is 1.64 bits per heavy atom. The molecule has 0 atom stereocenters. The molecule has 0 aliphatic heterocycles. The number of hydrogen-bond donors (Lipinski definition) is 0. The number of allylic oxidation sites excluding steroid dienone is 5. The second-order valence-corrected chi connectivity index (χ2v) is 14.4. The summed E-state index contributed by atoms with van der Waals surface area (Å²) in [5, 5.41) is 9.94. The highest BCUT2D eigenvalue weighted by atomic mass is 15.1. The zero-order chi connectivity index (χ0) is 37.6. The molecule has 10 rings (SSSR count). The number of imidazole rings is 1. The third kappa shape index (κ3) is 5.71. The number of rotatable bonds is 7. The zero-order valence-corrected chi connectivity index (χ0v) is 31.2. The molecular weight excluding hydrogens is 677 g/mol. The molecule has 0 spiro atoms. The van der Waals surface area contributed by atoms with Crippen molar-refractivity contribution in [1.82, 2.24) is 9.55 Å². The molecule has 10 aromatic rings. The third-order valence-corrected chi connectivity index (χ3v) is 11.1. The normalized spacial score (nSPS) is 12.1. The van der Waals surface area contributed by atoms with Crippen molar-refractivity contribution in [2.45, 2.75) is 6.92 Å². The lowest BCUT2D eigenvalue weighted by Gasteiger charge is -2.19. The molecular formula is C54H38N2. The first-order valence-electron chi connectivity index (χ1n) is 19.2. The van der Waals surface area contributed by atoms with Crippen molar-refractivity contribution in [3.05, 3.63) is 207 Å². The predicted octanol–water partition coefficient (Wildman–Crippen LogP) is 14.9. The fourth-order valence-corrected chi connectivity index (χ4v) is 8.41. The van der Waals surface area contributed by atoms with Crippen LogP contribution in [0.15, 0.2) is 207 Å². The van der Waals surface area contributed by atoms with Crippen LogP contribution in [0.5, 0.6) is 0 Å². The molecule has 1 aromatic heterocycles. The topological polar surface area (TPSA) is 17.8 Å². The molecule has 0 amide bonds. The van der Waals surface area contributed by atoms with Gasteiger partial charge in [-0.3, -0.25) is 4.57 Å². The van der Waals surface area contributed by atoms with Crippen molar-refractivity contribution in [2.24, 2.45) is 0 Å². The lowest BCUT2D eigenvalue weighted by Crippen LogP contribution is -1.97. The van der Waals surface area contributed by atoms with Gasteiger partial charge in [-0.2, -0.15) is 0 Å². The van der Waals surface area contributed by atoms with E-state index in [0.29, 0.717) is 0 Å². The summed E-state index contributed by atoms with van der Waals surface area (Å²) in [6.45, 7) is 5.94. The minimum absolute atomic E-state index is 0.919. The average Bonchev–Trinajstić information content (AvgIpc) is 3.65. The monoisotopic (exact) mass is 714 g/mol. The van der Waals surface area contributed by atoms with Gasteiger partial charge in [-0.15, -0.1) is 0 Å². The van der Waals surface area contributed by atoms with E-state index in [0.717, 1.165) is 33.7 Å². The summed E-state index contributed by atoms with van der Waals surface area (Å²) in [6, 6.07) is 64.2. The van der Waals surface area contributed by atoms with Gasteiger partial charge in [0.2, 0.25) is 0 Å². The maximum atomic E-state index is 5.11. The van der Waals surface area contributed by atoms with Crippen LogP contribution in [-0.4, -0.2) is 9.55 Å². The fourth-order valence-electron chi connectivity index (χ4n) is 8.41. The van der Waals surface area contributed by atoms with E-state index >= 15 is 0 Å². The number of hydrogen-bond acceptors (Lipinski definition) is 1. The van der Waals surface area contributed by atoms with E-state index in [2.05, 4.69) is 194 Å². The molecule has 0 fully saturated rings. The van der Waals surface area contributed by atoms with Crippen LogP contribution in [0.3, 0.4) is 0 Å². The van der Waals surface area contributed by atoms with Crippen LogP contribution >= 0.6 is 0 Å². The molecule has 0 unspecified atom stereocenters. The molecule has 56 heavy (non-hydrogen) atoms. The maximum absolute atomic E-state index is 5.11. The van der Waals surface area contributed by atoms with Gasteiger partial charge in [0.15, 0.2) is 0 Å². The number of fused-ring (bicyclic) bond motifs is 5. The van der Waals surface area contributed by atoms with Gasteiger partial charge in [-0.05, 0) is 120 Å². The van der Waals surface area contributed by atoms with Crippen LogP contribution < -0.4 is 0 Å². The van der Waals surface area contributed by atoms with Crippen LogP contribution in [0, 0.1) is 0 Å². The Morgan fingerprint density at radius 2 is 0.982 bits per heavy atom. The summed E-state index contributed by atoms with van der Waals surface area (Å²) in [4.78, 5) is 5.11. The highest BCUT2D eigenvalue weighted by Crippen LogP contribution is 2.46. The Bertz CT molecular complexity index is 3210. The van der Waals surface area contributed by atoms with E-state index in [9.17, 15) is 0 Å². The van der Waals surface area contributed by atoms with Gasteiger partial charge < -0.3 is 0 Å². The second-order valence-electron chi connectivity index (χ2n) is 14.4. The molecule has 0 saturated carbocycles. The van der Waals surface area contributed by atoms with Crippen molar-refractivity contribution in [2.75, 3.05) is 0 Å². The Kier molecular flexibility index (Phi) is 8.23. The van der Waals surface area contributed by atoms with E-state index in [4.69, 9.17) is 4.98 Å². The second kappa shape index (κ2) is 13.8. The fraction of sp³-hybridized carbons (Fsp3) is 0.0185. The summed E-state index contributed by atoms with van der Waals surface area (Å²) in [5.74, 6) is 0.919. The summed E-state index contributed by atoms with van der Waals surface area (Å²) < 4.78 is 2.24. The van der Waals surface area contributed by atoms with Crippen LogP contribution in [0.1, 0.15) is 6.92 Å². The quantitative estimate of drug-likeness (QED) is 0.119. The van der Waals surface area contributed by atoms with Crippen LogP contribution in [-0.2, 0) is 0 Å². The largest absolute Gasteiger partial charge is 0.296 e. The molecule has 0 radical (unpaired) electrons. The zero-order valence-electron chi connectivity index (χ0n) is 31.2. The lowest BCUT2D eigenvalue weighted by molar-refractivity contribution is 1.12. The Morgan fingerprint density at radius 1 is 0.464 bits per heavy atom. The Balaban J connectivity index is 1.18. The predicted molar refractivity (Wildman–Crippen MR) is 241 cm³/mol. The number of benzene rings is 9. The van der Waals surface area contributed by atoms with Crippen LogP contribution in [0.4, 0.5) is 0 Å². The van der Waals surface area contributed by atoms with E-state index < -0.39 is 0 Å². The van der Waals surface area contributed by atoms with E-state index in [-0.39, 0.29) is 0 Å². The molecule has 0 N–H and O–H groups in total. The summed E-state index contributed by atoms with van der Waals surface area (Å²) in [5.41, 5.74) is 11.5. The highest BCUT2D eigenvalue weighted by molar-refractivity contribution is 6.22. The molecule has 9 aromatic carbocycles. The average molecular weight is 715 g/mol. The van der Waals surface area contributed by atoms with Crippen molar-refractivity contribution in [3.63, 3.8) is 0 Å². The first kappa shape index (κ1) is 33.3. The molecule has 1 heterocycles. The molecule has 0 aliphatic rings. The molecule has 2 nitrogen and oxygen atoms in total. The van der Waals surface area contributed by atoms with Crippen LogP contribution in [0.2, 0.25) is 0 Å². The Labute approximate surface area is 326 Å². The van der Waals surface area contributed by atoms with Crippen molar-refractivity contribution < 1.29 is 0 Å². The maximum Gasteiger partial charge on any atom is 0.145 e. The van der Waals surface area contributed by atoms with E-state index in [1.165, 1.54) is 70.9 Å². The molecule has 0 saturated heterocycles. The van der Waals surface area contributed by atoms with Gasteiger partial charge in [0.05, 0.1) is 11.0 Å². The van der Waals surface area contributed by atoms with Gasteiger partial charge in [0, 0.05) is 11.3 Å². The van der Waals surface area contributed by atoms with Gasteiger partial charge in [0.25, 0.3) is 0 Å². The smallest absolute Gasteiger partial charge is 0.145 e. The van der Waals surface area contributed by atoms with Crippen molar-refractivity contribution in [3.8, 4) is 44.8 Å². The van der Waals surface area contributed by atoms with E-state index in [1.807, 2.05) is 18.2 Å². The van der Waals surface area contributed by atoms with Gasteiger partial charge in [-0.25, -0.2) is 4.98 Å². The summed E-state index contributed by atoms with van der Waals surface area (Å²) >= 11 is 0. The highest BCUT2D eigenvalue weighted by Gasteiger charge is 2.19. The summed E-state index contributed by atoms with van der Waals surface area (Å²) in [6.07, 6.45) is 7.86. The standard InChI is InChI=1S/C54H38N2/c1-3-4-5-14-36(2)56-51-22-13-12-21-50(51)55-54(56)40-27-23-39(24-28-40)43-31-32-48-49(35-43)53(45-30-26-38-16-7-9-18-42(38)34-45)47-20-11-10-19-46(47)52(48)44-29-25-37-15-6-8-17-41(37)33-44/h3-35H,1H2,2H3/b5-4-,36-14+. The van der Waals surface area contributed by atoms with E-state index in [1.54, 1.807) is 6.08 Å². The number of nitrogens with zero attached hydrogens (tertiary/aromatic N) is 2. The van der Waals surface area contributed by atoms with Crippen molar-refractivity contribution in [1.29, 1.82) is 0 Å². The van der Waals surface area contributed by atoms with Crippen molar-refractivity contribution >= 4 is 59.8 Å². The lowest BCUT2D eigenvalue weighted by atomic mass is 9.84. The third-order valence-electron chi connectivity index (χ3n) is 11.1. The minimum Gasteiger partial charge on any atom is -0.296 e. The first-order chi connectivity index (χ1) is 27.6. The van der Waals surface area contributed by atoms with Crippen LogP contribution in [0.25, 0.3) is 105 Å². The molecule has 0 bridgehead atoms. The first-order valence-corrected chi connectivity index (χ1v) is 19.2. The molecule has 2 heteroatoms. The molecule has 264 valence electrons. The minimum atomic E-state index is 0.919. The van der Waals surface area contributed by atoms with Gasteiger partial charge >= 0.3 is 0 Å². The summed E-state index contributed by atoms with van der Waals surface area (Å²) in [7, 11) is 0. The van der Waals surface area contributed by atoms with Gasteiger partial charge in [0.1, 0.15) is 5.82 Å². The Hall–Kier alpha value is -7.29. The SMILES string of the molecule is C=C/C=C\C=C(/C)n1c(-c2ccc(-c3ccc4c(-c5ccc6ccccc6c5)c5ccccc5c(-c5ccc6ccccc6c5)c4c3)cc2)nc2ccccc21. The number of aromatic nitrogens is 2.